The molecule has 0 saturated heterocycles. The molecule has 0 bridgehead atoms. The van der Waals surface area contributed by atoms with Gasteiger partial charge >= 0.3 is 5.97 Å². The second-order valence-corrected chi connectivity index (χ2v) is 6.07. The van der Waals surface area contributed by atoms with E-state index in [-0.39, 0.29) is 5.82 Å². The predicted octanol–water partition coefficient (Wildman–Crippen LogP) is 3.52. The summed E-state index contributed by atoms with van der Waals surface area (Å²) in [6.07, 6.45) is 3.06. The van der Waals surface area contributed by atoms with E-state index in [0.717, 1.165) is 18.4 Å². The molecule has 0 aliphatic heterocycles. The highest BCUT2D eigenvalue weighted by molar-refractivity contribution is 6.31. The monoisotopic (exact) mass is 268 g/mol. The van der Waals surface area contributed by atoms with E-state index in [1.807, 2.05) is 0 Å². The van der Waals surface area contributed by atoms with Crippen LogP contribution < -0.4 is 0 Å². The van der Waals surface area contributed by atoms with Crippen molar-refractivity contribution in [1.29, 1.82) is 0 Å². The Morgan fingerprint density at radius 1 is 1.44 bits per heavy atom. The van der Waals surface area contributed by atoms with Gasteiger partial charge in [0.15, 0.2) is 0 Å². The number of aliphatic carboxylic acids is 1. The van der Waals surface area contributed by atoms with E-state index in [1.165, 1.54) is 18.6 Å². The molecule has 2 nitrogen and oxygen atoms in total. The Hall–Kier alpha value is -1.09. The summed E-state index contributed by atoms with van der Waals surface area (Å²) in [5.74, 6) is 0.0399. The molecule has 2 atom stereocenters. The van der Waals surface area contributed by atoms with Crippen molar-refractivity contribution in [2.45, 2.75) is 25.7 Å². The highest BCUT2D eigenvalue weighted by Crippen LogP contribution is 2.61. The van der Waals surface area contributed by atoms with Crippen LogP contribution >= 0.6 is 11.6 Å². The molecule has 2 saturated carbocycles. The SMILES string of the molecule is O=C(O)C1(Cc2ccc(F)cc2Cl)CC2CC2C1. The molecule has 0 spiro atoms. The Bertz CT molecular complexity index is 505. The highest BCUT2D eigenvalue weighted by atomic mass is 35.5. The summed E-state index contributed by atoms with van der Waals surface area (Å²) < 4.78 is 13.0. The minimum atomic E-state index is -0.741. The summed E-state index contributed by atoms with van der Waals surface area (Å²) in [7, 11) is 0. The van der Waals surface area contributed by atoms with E-state index in [9.17, 15) is 14.3 Å². The van der Waals surface area contributed by atoms with Crippen LogP contribution in [0.2, 0.25) is 5.02 Å². The molecule has 2 aliphatic rings. The first kappa shape index (κ1) is 12.0. The van der Waals surface area contributed by atoms with Crippen LogP contribution in [-0.4, -0.2) is 11.1 Å². The highest BCUT2D eigenvalue weighted by Gasteiger charge is 2.57. The van der Waals surface area contributed by atoms with Crippen molar-refractivity contribution in [3.8, 4) is 0 Å². The molecule has 0 amide bonds. The van der Waals surface area contributed by atoms with Crippen LogP contribution in [0, 0.1) is 23.1 Å². The number of benzene rings is 1. The fraction of sp³-hybridized carbons (Fsp3) is 0.500. The number of carboxylic acids is 1. The van der Waals surface area contributed by atoms with Gasteiger partial charge in [0.2, 0.25) is 0 Å². The third kappa shape index (κ3) is 1.91. The number of hydrogen-bond donors (Lipinski definition) is 1. The zero-order chi connectivity index (χ0) is 12.9. The number of rotatable bonds is 3. The molecule has 1 aromatic rings. The van der Waals surface area contributed by atoms with Gasteiger partial charge in [0.05, 0.1) is 5.41 Å². The summed E-state index contributed by atoms with van der Waals surface area (Å²) in [6, 6.07) is 4.20. The molecule has 2 aliphatic carbocycles. The van der Waals surface area contributed by atoms with Crippen LogP contribution in [0.3, 0.4) is 0 Å². The van der Waals surface area contributed by atoms with Gasteiger partial charge in [-0.15, -0.1) is 0 Å². The van der Waals surface area contributed by atoms with Gasteiger partial charge in [0, 0.05) is 5.02 Å². The van der Waals surface area contributed by atoms with Crippen molar-refractivity contribution in [3.05, 3.63) is 34.6 Å². The number of carbonyl (C=O) groups is 1. The first-order valence-corrected chi connectivity index (χ1v) is 6.55. The summed E-state index contributed by atoms with van der Waals surface area (Å²) in [5.41, 5.74) is 0.0523. The van der Waals surface area contributed by atoms with Crippen LogP contribution in [0.25, 0.3) is 0 Å². The van der Waals surface area contributed by atoms with E-state index in [2.05, 4.69) is 0 Å². The maximum Gasteiger partial charge on any atom is 0.309 e. The topological polar surface area (TPSA) is 37.3 Å². The molecule has 18 heavy (non-hydrogen) atoms. The zero-order valence-corrected chi connectivity index (χ0v) is 10.6. The van der Waals surface area contributed by atoms with Crippen LogP contribution in [0.15, 0.2) is 18.2 Å². The standard InChI is InChI=1S/C14H14ClFO2/c15-12-4-11(16)2-1-8(12)5-14(13(17)18)6-9-3-10(9)7-14/h1-2,4,9-10H,3,5-7H2,(H,17,18). The Kier molecular flexibility index (Phi) is 2.63. The smallest absolute Gasteiger partial charge is 0.309 e. The van der Waals surface area contributed by atoms with E-state index in [4.69, 9.17) is 11.6 Å². The van der Waals surface area contributed by atoms with Crippen LogP contribution in [-0.2, 0) is 11.2 Å². The minimum Gasteiger partial charge on any atom is -0.481 e. The Morgan fingerprint density at radius 3 is 2.67 bits per heavy atom. The number of halogens is 2. The quantitative estimate of drug-likeness (QED) is 0.911. The molecular weight excluding hydrogens is 255 g/mol. The Labute approximate surface area is 110 Å². The molecule has 2 unspecified atom stereocenters. The maximum absolute atomic E-state index is 13.0. The summed E-state index contributed by atoms with van der Waals surface area (Å²) in [5, 5.41) is 9.82. The Morgan fingerprint density at radius 2 is 2.11 bits per heavy atom. The lowest BCUT2D eigenvalue weighted by molar-refractivity contribution is -0.149. The molecular formula is C14H14ClFO2. The summed E-state index contributed by atoms with van der Waals surface area (Å²) >= 11 is 5.99. The van der Waals surface area contributed by atoms with Crippen molar-refractivity contribution in [2.75, 3.05) is 0 Å². The van der Waals surface area contributed by atoms with Crippen LogP contribution in [0.5, 0.6) is 0 Å². The number of hydrogen-bond acceptors (Lipinski definition) is 1. The average Bonchev–Trinajstić information content (AvgIpc) is 2.91. The maximum atomic E-state index is 13.0. The van der Waals surface area contributed by atoms with Crippen molar-refractivity contribution >= 4 is 17.6 Å². The molecule has 0 aromatic heterocycles. The van der Waals surface area contributed by atoms with Gasteiger partial charge in [-0.05, 0) is 55.2 Å². The molecule has 0 heterocycles. The molecule has 3 rings (SSSR count). The largest absolute Gasteiger partial charge is 0.481 e. The molecule has 4 heteroatoms. The molecule has 2 fully saturated rings. The number of carboxylic acid groups (broad SMARTS) is 1. The van der Waals surface area contributed by atoms with E-state index >= 15 is 0 Å². The Balaban J connectivity index is 1.87. The number of fused-ring (bicyclic) bond motifs is 1. The van der Waals surface area contributed by atoms with E-state index in [0.29, 0.717) is 23.3 Å². The normalized spacial score (nSPS) is 33.2. The first-order chi connectivity index (χ1) is 8.50. The van der Waals surface area contributed by atoms with Gasteiger partial charge < -0.3 is 5.11 Å². The second kappa shape index (κ2) is 3.95. The van der Waals surface area contributed by atoms with Crippen molar-refractivity contribution < 1.29 is 14.3 Å². The van der Waals surface area contributed by atoms with Gasteiger partial charge in [0.25, 0.3) is 0 Å². The van der Waals surface area contributed by atoms with Gasteiger partial charge in [-0.25, -0.2) is 4.39 Å². The van der Waals surface area contributed by atoms with Gasteiger partial charge in [0.1, 0.15) is 5.82 Å². The van der Waals surface area contributed by atoms with Gasteiger partial charge in [-0.2, -0.15) is 0 Å². The van der Waals surface area contributed by atoms with E-state index in [1.54, 1.807) is 6.07 Å². The van der Waals surface area contributed by atoms with Crippen molar-refractivity contribution in [3.63, 3.8) is 0 Å². The minimum absolute atomic E-state index is 0.330. The molecule has 0 radical (unpaired) electrons. The zero-order valence-electron chi connectivity index (χ0n) is 9.83. The second-order valence-electron chi connectivity index (χ2n) is 5.66. The van der Waals surface area contributed by atoms with Crippen LogP contribution in [0.4, 0.5) is 4.39 Å². The van der Waals surface area contributed by atoms with Crippen LogP contribution in [0.1, 0.15) is 24.8 Å². The van der Waals surface area contributed by atoms with Gasteiger partial charge in [-0.1, -0.05) is 17.7 Å². The first-order valence-electron chi connectivity index (χ1n) is 6.17. The summed E-state index contributed by atoms with van der Waals surface area (Å²) in [4.78, 5) is 11.6. The van der Waals surface area contributed by atoms with Crippen molar-refractivity contribution in [2.24, 2.45) is 17.3 Å². The summed E-state index contributed by atoms with van der Waals surface area (Å²) in [6.45, 7) is 0. The van der Waals surface area contributed by atoms with Gasteiger partial charge in [-0.3, -0.25) is 4.79 Å². The third-order valence-electron chi connectivity index (χ3n) is 4.37. The third-order valence-corrected chi connectivity index (χ3v) is 4.72. The van der Waals surface area contributed by atoms with Crippen molar-refractivity contribution in [1.82, 2.24) is 0 Å². The molecule has 1 N–H and O–H groups in total. The lowest BCUT2D eigenvalue weighted by Gasteiger charge is -2.26. The fourth-order valence-electron chi connectivity index (χ4n) is 3.32. The molecule has 1 aromatic carbocycles. The lowest BCUT2D eigenvalue weighted by Crippen LogP contribution is -2.32. The molecule has 96 valence electrons. The fourth-order valence-corrected chi connectivity index (χ4v) is 3.56. The lowest BCUT2D eigenvalue weighted by atomic mass is 9.77. The average molecular weight is 269 g/mol. The van der Waals surface area contributed by atoms with E-state index < -0.39 is 11.4 Å². The predicted molar refractivity (Wildman–Crippen MR) is 66.0 cm³/mol.